The Bertz CT molecular complexity index is 2350. The van der Waals surface area contributed by atoms with E-state index in [1.807, 2.05) is 0 Å². The van der Waals surface area contributed by atoms with Gasteiger partial charge in [-0.3, -0.25) is 0 Å². The Hall–Kier alpha value is -5.02. The zero-order chi connectivity index (χ0) is 42.0. The Labute approximate surface area is 348 Å². The van der Waals surface area contributed by atoms with Crippen molar-refractivity contribution in [1.82, 2.24) is 0 Å². The maximum absolute atomic E-state index is 6.48. The van der Waals surface area contributed by atoms with Crippen LogP contribution < -0.4 is 49.6 Å². The van der Waals surface area contributed by atoms with Gasteiger partial charge in [0.15, 0.2) is 0 Å². The molecule has 6 nitrogen and oxygen atoms in total. The molecule has 0 aromatic heterocycles. The molecule has 2 atom stereocenters. The predicted molar refractivity (Wildman–Crippen MR) is 248 cm³/mol. The van der Waals surface area contributed by atoms with Gasteiger partial charge in [0.25, 0.3) is 0 Å². The first-order valence-corrected chi connectivity index (χ1v) is 21.4. The van der Waals surface area contributed by atoms with Gasteiger partial charge in [-0.1, -0.05) is 41.4 Å². The Morgan fingerprint density at radius 2 is 0.586 bits per heavy atom. The van der Waals surface area contributed by atoms with Gasteiger partial charge in [0.1, 0.15) is 34.5 Å². The number of hydrogen-bond donors (Lipinski definition) is 0. The van der Waals surface area contributed by atoms with Crippen LogP contribution in [0.1, 0.15) is 44.5 Å². The molecule has 0 fully saturated rings. The minimum Gasteiger partial charge on any atom is -0.496 e. The molecule has 58 heavy (non-hydrogen) atoms. The highest BCUT2D eigenvalue weighted by Crippen LogP contribution is 2.45. The molecule has 0 saturated heterocycles. The van der Waals surface area contributed by atoms with E-state index in [2.05, 4.69) is 128 Å². The third kappa shape index (κ3) is 7.90. The fourth-order valence-corrected chi connectivity index (χ4v) is 10.7. The van der Waals surface area contributed by atoms with Crippen molar-refractivity contribution in [3.05, 3.63) is 117 Å². The van der Waals surface area contributed by atoms with Crippen molar-refractivity contribution in [2.75, 3.05) is 42.7 Å². The number of methoxy groups -OCH3 is 6. The first-order chi connectivity index (χ1) is 27.8. The summed E-state index contributed by atoms with van der Waals surface area (Å²) in [5, 5.41) is 4.80. The molecule has 302 valence electrons. The molecule has 0 amide bonds. The summed E-state index contributed by atoms with van der Waals surface area (Å²) in [7, 11) is 11.1. The van der Waals surface area contributed by atoms with Crippen LogP contribution in [-0.2, 0) is 0 Å². The molecule has 0 aliphatic rings. The lowest BCUT2D eigenvalue weighted by molar-refractivity contribution is 0.410. The van der Waals surface area contributed by atoms with E-state index in [1.165, 1.54) is 32.9 Å². The van der Waals surface area contributed by atoms with E-state index in [0.29, 0.717) is 17.2 Å². The Morgan fingerprint density at radius 1 is 0.293 bits per heavy atom. The van der Waals surface area contributed by atoms with Crippen LogP contribution in [0.4, 0.5) is 0 Å². The van der Waals surface area contributed by atoms with Crippen molar-refractivity contribution in [2.45, 2.75) is 55.4 Å². The van der Waals surface area contributed by atoms with Gasteiger partial charge in [0.2, 0.25) is 0 Å². The second-order valence-corrected chi connectivity index (χ2v) is 17.4. The summed E-state index contributed by atoms with van der Waals surface area (Å²) in [5.41, 5.74) is 15.7. The number of benzene rings is 6. The van der Waals surface area contributed by atoms with Crippen molar-refractivity contribution in [3.8, 4) is 67.9 Å². The van der Waals surface area contributed by atoms with Crippen molar-refractivity contribution in [1.29, 1.82) is 0 Å². The summed E-state index contributed by atoms with van der Waals surface area (Å²) < 4.78 is 35.8. The van der Waals surface area contributed by atoms with Gasteiger partial charge in [0.05, 0.1) is 42.7 Å². The normalized spacial score (nSPS) is 11.5. The highest BCUT2D eigenvalue weighted by atomic mass is 31.1. The molecule has 0 radical (unpaired) electrons. The van der Waals surface area contributed by atoms with Crippen LogP contribution in [0.5, 0.6) is 34.5 Å². The number of ether oxygens (including phenoxy) is 6. The standard InChI is InChI=1S/C50H56O6P2/c1-27-29(3)39(51-9)17-15-37(27)35-23-43(55-13)49(47(25-35)57-45-21-19-41(53-11)31(5)33(45)7)50-44(56-14)24-36(38-16-18-40(52-10)30(4)28(38)2)26-48(50)58-46-22-20-42(54-12)32(6)34(46)8/h15-26,57-58H,1-14H3. The maximum Gasteiger partial charge on any atom is 0.128 e. The Kier molecular flexibility index (Phi) is 13.1. The second-order valence-electron chi connectivity index (χ2n) is 14.7. The fraction of sp³-hybridized carbons (Fsp3) is 0.280. The van der Waals surface area contributed by atoms with Gasteiger partial charge in [-0.15, -0.1) is 0 Å². The highest BCUT2D eigenvalue weighted by Gasteiger charge is 2.26. The first-order valence-electron chi connectivity index (χ1n) is 19.4. The first kappa shape index (κ1) is 42.6. The van der Waals surface area contributed by atoms with Crippen LogP contribution in [0.25, 0.3) is 33.4 Å². The summed E-state index contributed by atoms with van der Waals surface area (Å²) >= 11 is 0. The average molecular weight is 815 g/mol. The van der Waals surface area contributed by atoms with Gasteiger partial charge in [-0.2, -0.15) is 0 Å². The third-order valence-corrected chi connectivity index (χ3v) is 14.8. The Morgan fingerprint density at radius 3 is 0.897 bits per heavy atom. The summed E-state index contributed by atoms with van der Waals surface area (Å²) in [4.78, 5) is 0. The molecular weight excluding hydrogens is 758 g/mol. The third-order valence-electron chi connectivity index (χ3n) is 11.9. The summed E-state index contributed by atoms with van der Waals surface area (Å²) in [6.45, 7) is 17.2. The van der Waals surface area contributed by atoms with E-state index in [0.717, 1.165) is 101 Å². The molecule has 0 saturated carbocycles. The van der Waals surface area contributed by atoms with Crippen molar-refractivity contribution in [3.63, 3.8) is 0 Å². The second kappa shape index (κ2) is 17.9. The molecule has 6 aromatic carbocycles. The zero-order valence-electron chi connectivity index (χ0n) is 36.4. The molecule has 0 aliphatic carbocycles. The minimum absolute atomic E-state index is 0.304. The lowest BCUT2D eigenvalue weighted by Crippen LogP contribution is -2.17. The topological polar surface area (TPSA) is 55.4 Å². The minimum atomic E-state index is 0.304. The van der Waals surface area contributed by atoms with Crippen LogP contribution >= 0.6 is 17.2 Å². The molecule has 0 spiro atoms. The van der Waals surface area contributed by atoms with Gasteiger partial charge >= 0.3 is 0 Å². The molecule has 2 unspecified atom stereocenters. The summed E-state index contributed by atoms with van der Waals surface area (Å²) in [5.74, 6) is 5.09. The monoisotopic (exact) mass is 814 g/mol. The van der Waals surface area contributed by atoms with Gasteiger partial charge < -0.3 is 28.4 Å². The van der Waals surface area contributed by atoms with Crippen LogP contribution in [-0.4, -0.2) is 42.7 Å². The van der Waals surface area contributed by atoms with Crippen LogP contribution in [0.3, 0.4) is 0 Å². The summed E-state index contributed by atoms with van der Waals surface area (Å²) in [6.07, 6.45) is 0. The molecule has 8 heteroatoms. The van der Waals surface area contributed by atoms with Crippen molar-refractivity contribution >= 4 is 38.4 Å². The van der Waals surface area contributed by atoms with E-state index in [-0.39, 0.29) is 0 Å². The van der Waals surface area contributed by atoms with Crippen LogP contribution in [0, 0.1) is 55.4 Å². The predicted octanol–water partition coefficient (Wildman–Crippen LogP) is 10.5. The van der Waals surface area contributed by atoms with E-state index >= 15 is 0 Å². The molecule has 0 heterocycles. The van der Waals surface area contributed by atoms with Gasteiger partial charge in [-0.05, 0) is 192 Å². The molecule has 6 rings (SSSR count). The number of rotatable bonds is 13. The van der Waals surface area contributed by atoms with Gasteiger partial charge in [-0.25, -0.2) is 0 Å². The van der Waals surface area contributed by atoms with Crippen LogP contribution in [0.15, 0.2) is 72.8 Å². The largest absolute Gasteiger partial charge is 0.496 e. The van der Waals surface area contributed by atoms with E-state index in [4.69, 9.17) is 28.4 Å². The lowest BCUT2D eigenvalue weighted by atomic mass is 9.92. The highest BCUT2D eigenvalue weighted by molar-refractivity contribution is 7.56. The van der Waals surface area contributed by atoms with E-state index in [1.54, 1.807) is 42.7 Å². The lowest BCUT2D eigenvalue weighted by Gasteiger charge is -2.24. The molecule has 0 N–H and O–H groups in total. The fourth-order valence-electron chi connectivity index (χ4n) is 7.83. The van der Waals surface area contributed by atoms with Crippen molar-refractivity contribution < 1.29 is 28.4 Å². The quantitative estimate of drug-likeness (QED) is 0.108. The van der Waals surface area contributed by atoms with E-state index < -0.39 is 0 Å². The smallest absolute Gasteiger partial charge is 0.128 e. The molecule has 0 aliphatic heterocycles. The maximum atomic E-state index is 6.48. The number of hydrogen-bond acceptors (Lipinski definition) is 6. The van der Waals surface area contributed by atoms with Gasteiger partial charge in [0, 0.05) is 11.1 Å². The molecular formula is C50H56O6P2. The van der Waals surface area contributed by atoms with E-state index in [9.17, 15) is 0 Å². The average Bonchev–Trinajstić information content (AvgIpc) is 3.23. The SMILES string of the molecule is COc1ccc(Pc2cc(-c3ccc(OC)c(C)c3C)cc(OC)c2-c2c(OC)cc(-c3ccc(OC)c(C)c3C)cc2Pc2ccc(OC)c(C)c2C)c(C)c1C. The van der Waals surface area contributed by atoms with Crippen molar-refractivity contribution in [2.24, 2.45) is 0 Å². The Balaban J connectivity index is 1.71. The molecule has 0 bridgehead atoms. The molecule has 6 aromatic rings. The summed E-state index contributed by atoms with van der Waals surface area (Å²) in [6, 6.07) is 26.1. The zero-order valence-corrected chi connectivity index (χ0v) is 38.4. The van der Waals surface area contributed by atoms with Crippen LogP contribution in [0.2, 0.25) is 0 Å².